The van der Waals surface area contributed by atoms with Crippen LogP contribution < -0.4 is 15.5 Å². The fourth-order valence-electron chi connectivity index (χ4n) is 2.95. The molecule has 6 nitrogen and oxygen atoms in total. The number of para-hydroxylation sites is 1. The summed E-state index contributed by atoms with van der Waals surface area (Å²) in [5.41, 5.74) is 3.64. The molecule has 26 heavy (non-hydrogen) atoms. The molecule has 7 heteroatoms. The first-order valence-corrected chi connectivity index (χ1v) is 9.77. The normalized spacial score (nSPS) is 15.2. The first kappa shape index (κ1) is 18.7. The van der Waals surface area contributed by atoms with Crippen molar-refractivity contribution in [2.45, 2.75) is 26.9 Å². The second-order valence-corrected chi connectivity index (χ2v) is 7.54. The summed E-state index contributed by atoms with van der Waals surface area (Å²) in [6, 6.07) is 8.52. The Labute approximate surface area is 159 Å². The van der Waals surface area contributed by atoms with Gasteiger partial charge in [-0.1, -0.05) is 18.2 Å². The van der Waals surface area contributed by atoms with E-state index in [1.165, 1.54) is 16.1 Å². The topological polar surface area (TPSA) is 61.8 Å². The molecule has 0 amide bonds. The summed E-state index contributed by atoms with van der Waals surface area (Å²) in [5, 5.41) is 7.84. The SMILES string of the molecule is CN=C(NCc1nc(C)c(C)s1)NCc1ccccc1N1CCOCC1. The van der Waals surface area contributed by atoms with Crippen LogP contribution >= 0.6 is 11.3 Å². The minimum absolute atomic E-state index is 0.685. The number of anilines is 1. The number of aryl methyl sites for hydroxylation is 2. The maximum atomic E-state index is 5.47. The van der Waals surface area contributed by atoms with Crippen molar-refractivity contribution in [1.82, 2.24) is 15.6 Å². The lowest BCUT2D eigenvalue weighted by Gasteiger charge is -2.30. The smallest absolute Gasteiger partial charge is 0.191 e. The Morgan fingerprint density at radius 2 is 1.92 bits per heavy atom. The van der Waals surface area contributed by atoms with Gasteiger partial charge in [0.15, 0.2) is 5.96 Å². The maximum Gasteiger partial charge on any atom is 0.191 e. The number of ether oxygens (including phenoxy) is 1. The molecule has 3 rings (SSSR count). The van der Waals surface area contributed by atoms with Gasteiger partial charge in [0.2, 0.25) is 0 Å². The van der Waals surface area contributed by atoms with E-state index in [-0.39, 0.29) is 0 Å². The maximum absolute atomic E-state index is 5.47. The van der Waals surface area contributed by atoms with Gasteiger partial charge in [-0.3, -0.25) is 4.99 Å². The Kier molecular flexibility index (Phi) is 6.46. The molecule has 0 saturated carbocycles. The number of rotatable bonds is 5. The average Bonchev–Trinajstić information content (AvgIpc) is 3.00. The highest BCUT2D eigenvalue weighted by atomic mass is 32.1. The number of aromatic nitrogens is 1. The largest absolute Gasteiger partial charge is 0.378 e. The predicted octanol–water partition coefficient (Wildman–Crippen LogP) is 2.46. The molecule has 0 bridgehead atoms. The molecule has 2 N–H and O–H groups in total. The first-order chi connectivity index (χ1) is 12.7. The lowest BCUT2D eigenvalue weighted by atomic mass is 10.1. The summed E-state index contributed by atoms with van der Waals surface area (Å²) in [6.45, 7) is 9.01. The Bertz CT molecular complexity index is 733. The lowest BCUT2D eigenvalue weighted by molar-refractivity contribution is 0.122. The molecule has 140 valence electrons. The third kappa shape index (κ3) is 4.74. The quantitative estimate of drug-likeness (QED) is 0.623. The van der Waals surface area contributed by atoms with Crippen LogP contribution in [0.3, 0.4) is 0 Å². The standard InChI is InChI=1S/C19H27N5OS/c1-14-15(2)26-18(23-14)13-22-19(20-3)21-12-16-6-4-5-7-17(16)24-8-10-25-11-9-24/h4-7H,8-13H2,1-3H3,(H2,20,21,22). The van der Waals surface area contributed by atoms with E-state index in [1.807, 2.05) is 6.92 Å². The minimum atomic E-state index is 0.685. The molecule has 0 aliphatic carbocycles. The van der Waals surface area contributed by atoms with Gasteiger partial charge in [-0.2, -0.15) is 0 Å². The van der Waals surface area contributed by atoms with E-state index < -0.39 is 0 Å². The van der Waals surface area contributed by atoms with Gasteiger partial charge in [0.1, 0.15) is 5.01 Å². The zero-order valence-electron chi connectivity index (χ0n) is 15.7. The van der Waals surface area contributed by atoms with E-state index in [9.17, 15) is 0 Å². The molecule has 1 aromatic heterocycles. The van der Waals surface area contributed by atoms with E-state index in [1.54, 1.807) is 18.4 Å². The zero-order chi connectivity index (χ0) is 18.4. The number of nitrogens with zero attached hydrogens (tertiary/aromatic N) is 3. The highest BCUT2D eigenvalue weighted by molar-refractivity contribution is 7.11. The van der Waals surface area contributed by atoms with Crippen LogP contribution in [0.4, 0.5) is 5.69 Å². The minimum Gasteiger partial charge on any atom is -0.378 e. The zero-order valence-corrected chi connectivity index (χ0v) is 16.5. The second kappa shape index (κ2) is 9.00. The van der Waals surface area contributed by atoms with E-state index in [4.69, 9.17) is 4.74 Å². The predicted molar refractivity (Wildman–Crippen MR) is 108 cm³/mol. The Hall–Kier alpha value is -2.12. The summed E-state index contributed by atoms with van der Waals surface area (Å²) >= 11 is 1.73. The van der Waals surface area contributed by atoms with Crippen molar-refractivity contribution in [3.05, 3.63) is 45.4 Å². The van der Waals surface area contributed by atoms with Gasteiger partial charge in [-0.15, -0.1) is 11.3 Å². The van der Waals surface area contributed by atoms with Crippen LogP contribution in [-0.4, -0.2) is 44.3 Å². The number of hydrogen-bond donors (Lipinski definition) is 2. The average molecular weight is 374 g/mol. The van der Waals surface area contributed by atoms with Crippen LogP contribution in [0, 0.1) is 13.8 Å². The van der Waals surface area contributed by atoms with E-state index in [0.29, 0.717) is 6.54 Å². The van der Waals surface area contributed by atoms with Gasteiger partial charge < -0.3 is 20.3 Å². The molecule has 1 fully saturated rings. The summed E-state index contributed by atoms with van der Waals surface area (Å²) in [7, 11) is 1.79. The van der Waals surface area contributed by atoms with Crippen molar-refractivity contribution in [3.8, 4) is 0 Å². The van der Waals surface area contributed by atoms with Crippen molar-refractivity contribution < 1.29 is 4.74 Å². The molecule has 0 spiro atoms. The molecular weight excluding hydrogens is 346 g/mol. The van der Waals surface area contributed by atoms with Gasteiger partial charge in [-0.25, -0.2) is 4.98 Å². The molecule has 1 aliphatic heterocycles. The van der Waals surface area contributed by atoms with E-state index in [2.05, 4.69) is 56.7 Å². The number of thiazole rings is 1. The summed E-state index contributed by atoms with van der Waals surface area (Å²) < 4.78 is 5.47. The third-order valence-electron chi connectivity index (χ3n) is 4.49. The van der Waals surface area contributed by atoms with Crippen LogP contribution in [-0.2, 0) is 17.8 Å². The lowest BCUT2D eigenvalue weighted by Crippen LogP contribution is -2.38. The van der Waals surface area contributed by atoms with E-state index in [0.717, 1.165) is 49.5 Å². The van der Waals surface area contributed by atoms with Crippen molar-refractivity contribution in [2.24, 2.45) is 4.99 Å². The van der Waals surface area contributed by atoms with Gasteiger partial charge >= 0.3 is 0 Å². The van der Waals surface area contributed by atoms with Crippen molar-refractivity contribution >= 4 is 23.0 Å². The van der Waals surface area contributed by atoms with E-state index >= 15 is 0 Å². The number of hydrogen-bond acceptors (Lipinski definition) is 5. The highest BCUT2D eigenvalue weighted by Crippen LogP contribution is 2.21. The highest BCUT2D eigenvalue weighted by Gasteiger charge is 2.14. The third-order valence-corrected chi connectivity index (χ3v) is 5.57. The fourth-order valence-corrected chi connectivity index (χ4v) is 3.82. The monoisotopic (exact) mass is 373 g/mol. The molecular formula is C19H27N5OS. The van der Waals surface area contributed by atoms with Crippen LogP contribution in [0.1, 0.15) is 21.1 Å². The molecule has 1 aliphatic rings. The van der Waals surface area contributed by atoms with Gasteiger partial charge in [0.05, 0.1) is 25.5 Å². The fraction of sp³-hybridized carbons (Fsp3) is 0.474. The molecule has 0 radical (unpaired) electrons. The number of morpholine rings is 1. The van der Waals surface area contributed by atoms with Crippen LogP contribution in [0.5, 0.6) is 0 Å². The van der Waals surface area contributed by atoms with Crippen molar-refractivity contribution in [1.29, 1.82) is 0 Å². The molecule has 2 aromatic rings. The summed E-state index contributed by atoms with van der Waals surface area (Å²) in [6.07, 6.45) is 0. The molecule has 2 heterocycles. The number of guanidine groups is 1. The van der Waals surface area contributed by atoms with Gasteiger partial charge in [0.25, 0.3) is 0 Å². The summed E-state index contributed by atoms with van der Waals surface area (Å²) in [5.74, 6) is 0.785. The number of nitrogens with one attached hydrogen (secondary N) is 2. The Balaban J connectivity index is 1.58. The number of aliphatic imine (C=N–C) groups is 1. The Morgan fingerprint density at radius 3 is 2.62 bits per heavy atom. The van der Waals surface area contributed by atoms with Gasteiger partial charge in [-0.05, 0) is 25.5 Å². The molecule has 1 aromatic carbocycles. The van der Waals surface area contributed by atoms with Crippen molar-refractivity contribution in [2.75, 3.05) is 38.3 Å². The molecule has 1 saturated heterocycles. The second-order valence-electron chi connectivity index (χ2n) is 6.26. The van der Waals surface area contributed by atoms with Crippen LogP contribution in [0.15, 0.2) is 29.3 Å². The van der Waals surface area contributed by atoms with Crippen LogP contribution in [0.2, 0.25) is 0 Å². The van der Waals surface area contributed by atoms with Crippen LogP contribution in [0.25, 0.3) is 0 Å². The summed E-state index contributed by atoms with van der Waals surface area (Å²) in [4.78, 5) is 12.5. The molecule has 0 unspecified atom stereocenters. The van der Waals surface area contributed by atoms with Crippen molar-refractivity contribution in [3.63, 3.8) is 0 Å². The number of benzene rings is 1. The first-order valence-electron chi connectivity index (χ1n) is 8.95. The molecule has 0 atom stereocenters. The Morgan fingerprint density at radius 1 is 1.19 bits per heavy atom. The van der Waals surface area contributed by atoms with Gasteiger partial charge in [0, 0.05) is 37.2 Å².